The molecule has 2 rings (SSSR count). The topological polar surface area (TPSA) is 65.1 Å². The molecule has 0 bridgehead atoms. The number of ether oxygens (including phenoxy) is 3. The van der Waals surface area contributed by atoms with Gasteiger partial charge in [0.15, 0.2) is 11.5 Å². The van der Waals surface area contributed by atoms with Gasteiger partial charge in [0.05, 0.1) is 25.2 Å². The molecule has 0 spiro atoms. The number of unbranched alkanes of at least 4 members (excludes halogenated alkanes) is 4. The Morgan fingerprint density at radius 2 is 1.94 bits per heavy atom. The number of thiocarbonyl (C=S) groups is 1. The van der Waals surface area contributed by atoms with Gasteiger partial charge in [0.25, 0.3) is 5.91 Å². The van der Waals surface area contributed by atoms with Crippen molar-refractivity contribution in [2.75, 3.05) is 26.9 Å². The van der Waals surface area contributed by atoms with Crippen LogP contribution in [0.2, 0.25) is 0 Å². The predicted molar refractivity (Wildman–Crippen MR) is 133 cm³/mol. The maximum Gasteiger partial charge on any atom is 0.305 e. The Hall–Kier alpha value is -2.06. The number of thioether (sulfide) groups is 1. The summed E-state index contributed by atoms with van der Waals surface area (Å²) in [5, 5.41) is 0. The summed E-state index contributed by atoms with van der Waals surface area (Å²) in [5.41, 5.74) is 0.859. The normalized spacial score (nSPS) is 14.8. The highest BCUT2D eigenvalue weighted by Gasteiger charge is 2.31. The van der Waals surface area contributed by atoms with E-state index in [9.17, 15) is 9.59 Å². The summed E-state index contributed by atoms with van der Waals surface area (Å²) in [6.07, 6.45) is 7.90. The summed E-state index contributed by atoms with van der Waals surface area (Å²) in [6.45, 7) is 5.57. The molecular formula is C24H33NO5S2. The molecule has 176 valence electrons. The molecule has 1 aliphatic heterocycles. The number of hydrogen-bond donors (Lipinski definition) is 0. The van der Waals surface area contributed by atoms with E-state index in [2.05, 4.69) is 6.92 Å². The molecule has 0 unspecified atom stereocenters. The summed E-state index contributed by atoms with van der Waals surface area (Å²) >= 11 is 6.72. The van der Waals surface area contributed by atoms with Crippen LogP contribution in [0.3, 0.4) is 0 Å². The van der Waals surface area contributed by atoms with Gasteiger partial charge in [-0.05, 0) is 50.0 Å². The first-order valence-corrected chi connectivity index (χ1v) is 12.4. The molecule has 1 saturated heterocycles. The summed E-state index contributed by atoms with van der Waals surface area (Å²) in [6, 6.07) is 5.66. The zero-order valence-electron chi connectivity index (χ0n) is 19.2. The van der Waals surface area contributed by atoms with Gasteiger partial charge in [-0.2, -0.15) is 0 Å². The lowest BCUT2D eigenvalue weighted by molar-refractivity contribution is -0.143. The highest BCUT2D eigenvalue weighted by Crippen LogP contribution is 2.35. The molecule has 32 heavy (non-hydrogen) atoms. The van der Waals surface area contributed by atoms with E-state index in [0.717, 1.165) is 44.1 Å². The van der Waals surface area contributed by atoms with E-state index < -0.39 is 0 Å². The number of nitrogens with zero attached hydrogens (tertiary/aromatic N) is 1. The molecule has 8 heteroatoms. The van der Waals surface area contributed by atoms with Crippen molar-refractivity contribution in [3.63, 3.8) is 0 Å². The molecule has 0 atom stereocenters. The summed E-state index contributed by atoms with van der Waals surface area (Å²) in [7, 11) is 1.61. The number of benzene rings is 1. The van der Waals surface area contributed by atoms with E-state index in [1.54, 1.807) is 18.9 Å². The van der Waals surface area contributed by atoms with Crippen molar-refractivity contribution < 1.29 is 23.8 Å². The fourth-order valence-electron chi connectivity index (χ4n) is 3.22. The third kappa shape index (κ3) is 8.13. The fourth-order valence-corrected chi connectivity index (χ4v) is 4.53. The molecule has 0 radical (unpaired) electrons. The van der Waals surface area contributed by atoms with Crippen LogP contribution in [0.5, 0.6) is 11.5 Å². The Labute approximate surface area is 200 Å². The number of rotatable bonds is 14. The van der Waals surface area contributed by atoms with E-state index in [1.807, 2.05) is 24.3 Å². The van der Waals surface area contributed by atoms with Gasteiger partial charge >= 0.3 is 5.97 Å². The molecule has 0 N–H and O–H groups in total. The average Bonchev–Trinajstić information content (AvgIpc) is 3.04. The zero-order chi connectivity index (χ0) is 23.3. The van der Waals surface area contributed by atoms with Gasteiger partial charge < -0.3 is 14.2 Å². The lowest BCUT2D eigenvalue weighted by Gasteiger charge is -2.14. The molecule has 6 nitrogen and oxygen atoms in total. The van der Waals surface area contributed by atoms with E-state index in [4.69, 9.17) is 26.4 Å². The highest BCUT2D eigenvalue weighted by atomic mass is 32.2. The van der Waals surface area contributed by atoms with Crippen LogP contribution in [-0.2, 0) is 14.3 Å². The van der Waals surface area contributed by atoms with Gasteiger partial charge in [0.1, 0.15) is 4.32 Å². The molecule has 0 aromatic heterocycles. The summed E-state index contributed by atoms with van der Waals surface area (Å²) < 4.78 is 16.8. The van der Waals surface area contributed by atoms with Gasteiger partial charge in [0, 0.05) is 13.0 Å². The smallest absolute Gasteiger partial charge is 0.305 e. The quantitative estimate of drug-likeness (QED) is 0.149. The zero-order valence-corrected chi connectivity index (χ0v) is 20.8. The lowest BCUT2D eigenvalue weighted by Crippen LogP contribution is -2.29. The number of methoxy groups -OCH3 is 1. The van der Waals surface area contributed by atoms with Crippen molar-refractivity contribution in [3.05, 3.63) is 28.7 Å². The third-order valence-electron chi connectivity index (χ3n) is 4.93. The lowest BCUT2D eigenvalue weighted by atomic mass is 10.1. The van der Waals surface area contributed by atoms with E-state index >= 15 is 0 Å². The summed E-state index contributed by atoms with van der Waals surface area (Å²) in [5.74, 6) is 1.10. The van der Waals surface area contributed by atoms with Crippen LogP contribution < -0.4 is 9.47 Å². The largest absolute Gasteiger partial charge is 0.493 e. The van der Waals surface area contributed by atoms with E-state index in [0.29, 0.717) is 46.9 Å². The first-order chi connectivity index (χ1) is 15.5. The first-order valence-electron chi connectivity index (χ1n) is 11.2. The second kappa shape index (κ2) is 14.2. The van der Waals surface area contributed by atoms with Crippen molar-refractivity contribution >= 4 is 46.3 Å². The minimum Gasteiger partial charge on any atom is -0.493 e. The van der Waals surface area contributed by atoms with Crippen molar-refractivity contribution in [2.24, 2.45) is 0 Å². The van der Waals surface area contributed by atoms with Crippen molar-refractivity contribution in [3.8, 4) is 11.5 Å². The minimum absolute atomic E-state index is 0.0794. The number of esters is 1. The molecule has 1 aliphatic rings. The Morgan fingerprint density at radius 3 is 2.66 bits per heavy atom. The number of amides is 1. The maximum absolute atomic E-state index is 12.8. The summed E-state index contributed by atoms with van der Waals surface area (Å²) in [4.78, 5) is 26.4. The number of carbonyl (C=O) groups is 2. The van der Waals surface area contributed by atoms with E-state index in [1.165, 1.54) is 11.8 Å². The van der Waals surface area contributed by atoms with Gasteiger partial charge in [-0.25, -0.2) is 0 Å². The predicted octanol–water partition coefficient (Wildman–Crippen LogP) is 5.59. The molecule has 1 amide bonds. The van der Waals surface area contributed by atoms with Crippen LogP contribution in [0.25, 0.3) is 6.08 Å². The molecule has 1 aromatic rings. The van der Waals surface area contributed by atoms with Crippen molar-refractivity contribution in [1.82, 2.24) is 4.90 Å². The fraction of sp³-hybridized carbons (Fsp3) is 0.542. The van der Waals surface area contributed by atoms with Crippen LogP contribution in [0.4, 0.5) is 0 Å². The Balaban J connectivity index is 1.91. The molecule has 0 saturated carbocycles. The molecule has 1 aromatic carbocycles. The third-order valence-corrected chi connectivity index (χ3v) is 6.31. The number of carbonyl (C=O) groups excluding carboxylic acids is 2. The maximum atomic E-state index is 12.8. The first kappa shape index (κ1) is 26.2. The second-order valence-electron chi connectivity index (χ2n) is 7.41. The van der Waals surface area contributed by atoms with Gasteiger partial charge in [-0.3, -0.25) is 14.5 Å². The Bertz CT molecular complexity index is 825. The Morgan fingerprint density at radius 1 is 1.12 bits per heavy atom. The van der Waals surface area contributed by atoms with Gasteiger partial charge in [-0.1, -0.05) is 56.2 Å². The van der Waals surface area contributed by atoms with Crippen LogP contribution in [-0.4, -0.2) is 48.0 Å². The molecule has 1 fully saturated rings. The molecule has 0 aliphatic carbocycles. The minimum atomic E-state index is -0.172. The van der Waals surface area contributed by atoms with Crippen LogP contribution in [0.15, 0.2) is 23.1 Å². The monoisotopic (exact) mass is 479 g/mol. The Kier molecular flexibility index (Phi) is 11.6. The van der Waals surface area contributed by atoms with Crippen molar-refractivity contribution in [1.29, 1.82) is 0 Å². The second-order valence-corrected chi connectivity index (χ2v) is 9.09. The molecular weight excluding hydrogens is 446 g/mol. The van der Waals surface area contributed by atoms with Gasteiger partial charge in [0.2, 0.25) is 0 Å². The average molecular weight is 480 g/mol. The van der Waals surface area contributed by atoms with Crippen LogP contribution in [0.1, 0.15) is 64.4 Å². The van der Waals surface area contributed by atoms with E-state index in [-0.39, 0.29) is 11.9 Å². The highest BCUT2D eigenvalue weighted by molar-refractivity contribution is 8.26. The van der Waals surface area contributed by atoms with Crippen LogP contribution >= 0.6 is 24.0 Å². The van der Waals surface area contributed by atoms with Gasteiger partial charge in [-0.15, -0.1) is 0 Å². The van der Waals surface area contributed by atoms with Crippen LogP contribution in [0, 0.1) is 0 Å². The number of hydrogen-bond acceptors (Lipinski definition) is 7. The SMILES string of the molecule is CCCCCOc1ccc(/C=C2\SC(=S)N(CCCCCC(=O)OCC)C2=O)cc1OC. The van der Waals surface area contributed by atoms with Crippen molar-refractivity contribution in [2.45, 2.75) is 58.8 Å². The standard InChI is InChI=1S/C24H33NO5S2/c1-4-6-10-15-30-19-13-12-18(16-20(19)28-3)17-21-23(27)25(24(31)32-21)14-9-7-8-11-22(26)29-5-2/h12-13,16-17H,4-11,14-15H2,1-3H3/b21-17-. The molecule has 1 heterocycles.